The van der Waals surface area contributed by atoms with Crippen LogP contribution in [0.5, 0.6) is 11.5 Å². The number of methoxy groups -OCH3 is 1. The van der Waals surface area contributed by atoms with Crippen LogP contribution in [0.25, 0.3) is 6.08 Å². The van der Waals surface area contributed by atoms with E-state index >= 15 is 0 Å². The number of carbonyl (C=O) groups is 1. The Morgan fingerprint density at radius 3 is 2.23 bits per heavy atom. The maximum absolute atomic E-state index is 13.4. The van der Waals surface area contributed by atoms with Gasteiger partial charge in [0, 0.05) is 11.0 Å². The highest BCUT2D eigenvalue weighted by Gasteiger charge is 2.53. The van der Waals surface area contributed by atoms with Crippen LogP contribution in [-0.4, -0.2) is 12.9 Å². The molecular weight excluding hydrogens is 432 g/mol. The smallest absolute Gasteiger partial charge is 0.161 e. The molecule has 4 saturated carbocycles. The van der Waals surface area contributed by atoms with E-state index in [1.807, 2.05) is 24.3 Å². The van der Waals surface area contributed by atoms with Crippen LogP contribution in [0, 0.1) is 30.1 Å². The van der Waals surface area contributed by atoms with Crippen molar-refractivity contribution in [3.63, 3.8) is 0 Å². The summed E-state index contributed by atoms with van der Waals surface area (Å²) in [6.45, 7) is 9.12. The molecule has 0 unspecified atom stereocenters. The van der Waals surface area contributed by atoms with E-state index in [1.165, 1.54) is 30.4 Å². The largest absolute Gasteiger partial charge is 0.496 e. The molecule has 0 atom stereocenters. The molecule has 186 valence electrons. The molecule has 0 heterocycles. The highest BCUT2D eigenvalue weighted by atomic mass is 16.5. The van der Waals surface area contributed by atoms with Crippen LogP contribution in [0.2, 0.25) is 0 Å². The maximum atomic E-state index is 13.4. The first-order valence-corrected chi connectivity index (χ1v) is 13.3. The molecule has 3 heteroatoms. The van der Waals surface area contributed by atoms with Crippen LogP contribution in [0.4, 0.5) is 0 Å². The second kappa shape index (κ2) is 9.15. The van der Waals surface area contributed by atoms with E-state index in [0.29, 0.717) is 12.4 Å². The Morgan fingerprint density at radius 2 is 1.63 bits per heavy atom. The lowest BCUT2D eigenvalue weighted by Crippen LogP contribution is -2.49. The highest BCUT2D eigenvalue weighted by Crippen LogP contribution is 2.60. The third-order valence-electron chi connectivity index (χ3n) is 8.62. The van der Waals surface area contributed by atoms with E-state index < -0.39 is 0 Å². The lowest BCUT2D eigenvalue weighted by Gasteiger charge is -2.55. The van der Waals surface area contributed by atoms with Gasteiger partial charge in [-0.15, -0.1) is 0 Å². The van der Waals surface area contributed by atoms with E-state index in [0.717, 1.165) is 59.6 Å². The third kappa shape index (κ3) is 4.92. The molecule has 4 fully saturated rings. The summed E-state index contributed by atoms with van der Waals surface area (Å²) in [5.74, 6) is 4.41. The molecule has 6 rings (SSSR count). The SMILES string of the molecule is COc1ccc(/C=C/C(=O)C23CC4CC(CC(C4)C2)C3)cc1COc1cc(C)ccc1C(C)(C)C. The van der Waals surface area contributed by atoms with Crippen LogP contribution in [0.15, 0.2) is 42.5 Å². The van der Waals surface area contributed by atoms with E-state index in [-0.39, 0.29) is 10.8 Å². The monoisotopic (exact) mass is 472 g/mol. The van der Waals surface area contributed by atoms with Gasteiger partial charge in [-0.3, -0.25) is 4.79 Å². The van der Waals surface area contributed by atoms with Crippen molar-refractivity contribution in [2.75, 3.05) is 7.11 Å². The van der Waals surface area contributed by atoms with Gasteiger partial charge in [-0.1, -0.05) is 45.0 Å². The second-order valence-electron chi connectivity index (χ2n) is 12.5. The first-order valence-electron chi connectivity index (χ1n) is 13.3. The molecular formula is C32H40O3. The van der Waals surface area contributed by atoms with Crippen molar-refractivity contribution in [2.24, 2.45) is 23.2 Å². The molecule has 0 spiro atoms. The fourth-order valence-electron chi connectivity index (χ4n) is 7.30. The molecule has 0 saturated heterocycles. The summed E-state index contributed by atoms with van der Waals surface area (Å²) in [4.78, 5) is 13.4. The molecule has 4 aliphatic carbocycles. The summed E-state index contributed by atoms with van der Waals surface area (Å²) in [5, 5.41) is 0. The molecule has 0 aliphatic heterocycles. The van der Waals surface area contributed by atoms with E-state index in [2.05, 4.69) is 52.0 Å². The number of aryl methyl sites for hydroxylation is 1. The number of benzene rings is 2. The Hall–Kier alpha value is -2.55. The van der Waals surface area contributed by atoms with Gasteiger partial charge in [0.2, 0.25) is 0 Å². The number of allylic oxidation sites excluding steroid dienone is 1. The van der Waals surface area contributed by atoms with Crippen LogP contribution < -0.4 is 9.47 Å². The summed E-state index contributed by atoms with van der Waals surface area (Å²) in [7, 11) is 1.69. The number of ether oxygens (including phenoxy) is 2. The topological polar surface area (TPSA) is 35.5 Å². The Bertz CT molecular complexity index is 1100. The van der Waals surface area contributed by atoms with Crippen molar-refractivity contribution < 1.29 is 14.3 Å². The molecule has 3 nitrogen and oxygen atoms in total. The summed E-state index contributed by atoms with van der Waals surface area (Å²) in [5.41, 5.74) is 4.29. The van der Waals surface area contributed by atoms with E-state index in [1.54, 1.807) is 7.11 Å². The van der Waals surface area contributed by atoms with Crippen LogP contribution >= 0.6 is 0 Å². The van der Waals surface area contributed by atoms with Crippen LogP contribution in [-0.2, 0) is 16.8 Å². The Morgan fingerprint density at radius 1 is 0.971 bits per heavy atom. The number of ketones is 1. The normalized spacial score (nSPS) is 27.4. The number of rotatable bonds is 7. The number of hydrogen-bond donors (Lipinski definition) is 0. The number of carbonyl (C=O) groups excluding carboxylic acids is 1. The van der Waals surface area contributed by atoms with Gasteiger partial charge in [-0.05, 0) is 110 Å². The lowest BCUT2D eigenvalue weighted by atomic mass is 9.48. The van der Waals surface area contributed by atoms with Gasteiger partial charge < -0.3 is 9.47 Å². The average Bonchev–Trinajstić information content (AvgIpc) is 2.79. The van der Waals surface area contributed by atoms with Crippen molar-refractivity contribution in [1.29, 1.82) is 0 Å². The molecule has 4 aliphatic rings. The zero-order valence-corrected chi connectivity index (χ0v) is 22.0. The highest BCUT2D eigenvalue weighted by molar-refractivity contribution is 5.98. The van der Waals surface area contributed by atoms with Gasteiger partial charge in [0.05, 0.1) is 7.11 Å². The molecule has 2 aromatic rings. The molecule has 0 N–H and O–H groups in total. The number of hydrogen-bond acceptors (Lipinski definition) is 3. The third-order valence-corrected chi connectivity index (χ3v) is 8.62. The van der Waals surface area contributed by atoms with Crippen molar-refractivity contribution in [3.8, 4) is 11.5 Å². The molecule has 0 amide bonds. The van der Waals surface area contributed by atoms with Crippen molar-refractivity contribution in [2.45, 2.75) is 78.2 Å². The van der Waals surface area contributed by atoms with E-state index in [9.17, 15) is 4.79 Å². The van der Waals surface area contributed by atoms with Crippen molar-refractivity contribution >= 4 is 11.9 Å². The summed E-state index contributed by atoms with van der Waals surface area (Å²) in [6.07, 6.45) is 11.3. The van der Waals surface area contributed by atoms with Gasteiger partial charge in [0.15, 0.2) is 5.78 Å². The Balaban J connectivity index is 1.33. The van der Waals surface area contributed by atoms with Crippen molar-refractivity contribution in [1.82, 2.24) is 0 Å². The summed E-state index contributed by atoms with van der Waals surface area (Å²) >= 11 is 0. The Labute approximate surface area is 210 Å². The summed E-state index contributed by atoms with van der Waals surface area (Å²) in [6, 6.07) is 12.5. The standard InChI is InChI=1S/C32H40O3/c1-21-6-9-27(31(2,3)4)29(12-21)35-20-26-16-22(7-10-28(26)34-5)8-11-30(33)32-17-23-13-24(18-32)15-25(14-23)19-32/h6-12,16,23-25H,13-15,17-20H2,1-5H3/b11-8+. The minimum absolute atomic E-state index is 0.00464. The van der Waals surface area contributed by atoms with Crippen LogP contribution in [0.1, 0.15) is 81.5 Å². The van der Waals surface area contributed by atoms with Gasteiger partial charge in [-0.2, -0.15) is 0 Å². The van der Waals surface area contributed by atoms with Gasteiger partial charge in [0.1, 0.15) is 18.1 Å². The first-order chi connectivity index (χ1) is 16.6. The zero-order chi connectivity index (χ0) is 24.8. The molecule has 0 aromatic heterocycles. The predicted molar refractivity (Wildman–Crippen MR) is 142 cm³/mol. The summed E-state index contributed by atoms with van der Waals surface area (Å²) < 4.78 is 12.0. The minimum atomic E-state index is -0.0851. The van der Waals surface area contributed by atoms with Crippen LogP contribution in [0.3, 0.4) is 0 Å². The molecule has 0 radical (unpaired) electrons. The first kappa shape index (κ1) is 24.2. The van der Waals surface area contributed by atoms with Gasteiger partial charge in [0.25, 0.3) is 0 Å². The minimum Gasteiger partial charge on any atom is -0.496 e. The quantitative estimate of drug-likeness (QED) is 0.388. The average molecular weight is 473 g/mol. The molecule has 2 aromatic carbocycles. The zero-order valence-electron chi connectivity index (χ0n) is 22.0. The second-order valence-corrected chi connectivity index (χ2v) is 12.5. The van der Waals surface area contributed by atoms with Gasteiger partial charge in [-0.25, -0.2) is 0 Å². The fourth-order valence-corrected chi connectivity index (χ4v) is 7.30. The van der Waals surface area contributed by atoms with E-state index in [4.69, 9.17) is 9.47 Å². The van der Waals surface area contributed by atoms with Gasteiger partial charge >= 0.3 is 0 Å². The maximum Gasteiger partial charge on any atom is 0.161 e. The fraction of sp³-hybridized carbons (Fsp3) is 0.531. The molecule has 35 heavy (non-hydrogen) atoms. The Kier molecular flexibility index (Phi) is 6.32. The lowest BCUT2D eigenvalue weighted by molar-refractivity contribution is -0.138. The van der Waals surface area contributed by atoms with Crippen molar-refractivity contribution in [3.05, 3.63) is 64.7 Å². The molecule has 4 bridgehead atoms. The predicted octanol–water partition coefficient (Wildman–Crippen LogP) is 7.68.